The maximum atomic E-state index is 13.3. The summed E-state index contributed by atoms with van der Waals surface area (Å²) in [6, 6.07) is 9.62. The van der Waals surface area contributed by atoms with Crippen LogP contribution >= 0.6 is 0 Å². The van der Waals surface area contributed by atoms with E-state index in [2.05, 4.69) is 0 Å². The van der Waals surface area contributed by atoms with E-state index in [9.17, 15) is 14.0 Å². The third-order valence-electron chi connectivity index (χ3n) is 5.15. The number of amides is 2. The van der Waals surface area contributed by atoms with Crippen LogP contribution in [-0.4, -0.2) is 47.4 Å². The molecule has 0 saturated carbocycles. The van der Waals surface area contributed by atoms with Crippen LogP contribution in [0.3, 0.4) is 0 Å². The number of furan rings is 1. The van der Waals surface area contributed by atoms with Gasteiger partial charge >= 0.3 is 0 Å². The van der Waals surface area contributed by atoms with Crippen LogP contribution in [0.25, 0.3) is 0 Å². The number of halogens is 1. The van der Waals surface area contributed by atoms with Gasteiger partial charge in [0.05, 0.1) is 25.5 Å². The fourth-order valence-electron chi connectivity index (χ4n) is 3.53. The van der Waals surface area contributed by atoms with Gasteiger partial charge in [0.15, 0.2) is 0 Å². The first-order chi connectivity index (χ1) is 14.4. The van der Waals surface area contributed by atoms with Crippen molar-refractivity contribution in [3.8, 4) is 0 Å². The zero-order valence-electron chi connectivity index (χ0n) is 17.6. The Morgan fingerprint density at radius 3 is 2.50 bits per heavy atom. The lowest BCUT2D eigenvalue weighted by molar-refractivity contribution is -0.144. The largest absolute Gasteiger partial charge is 0.467 e. The van der Waals surface area contributed by atoms with E-state index >= 15 is 0 Å². The predicted octanol–water partition coefficient (Wildman–Crippen LogP) is 3.61. The Balaban J connectivity index is 1.74. The topological polar surface area (TPSA) is 63.0 Å². The first kappa shape index (κ1) is 22.0. The van der Waals surface area contributed by atoms with Crippen molar-refractivity contribution in [3.05, 3.63) is 59.8 Å². The number of benzene rings is 1. The lowest BCUT2D eigenvalue weighted by atomic mass is 10.1. The van der Waals surface area contributed by atoms with Crippen LogP contribution in [-0.2, 0) is 27.4 Å². The summed E-state index contributed by atoms with van der Waals surface area (Å²) in [5.41, 5.74) is 0.803. The summed E-state index contributed by atoms with van der Waals surface area (Å²) in [7, 11) is 0. The van der Waals surface area contributed by atoms with Crippen LogP contribution in [0.1, 0.15) is 38.0 Å². The molecule has 1 aliphatic rings. The highest BCUT2D eigenvalue weighted by Crippen LogP contribution is 2.17. The molecular weight excluding hydrogens is 387 g/mol. The molecule has 0 bridgehead atoms. The summed E-state index contributed by atoms with van der Waals surface area (Å²) in [6.45, 7) is 5.30. The Kier molecular flexibility index (Phi) is 7.63. The van der Waals surface area contributed by atoms with Crippen molar-refractivity contribution in [2.75, 3.05) is 19.7 Å². The van der Waals surface area contributed by atoms with E-state index in [1.807, 2.05) is 13.8 Å². The highest BCUT2D eigenvalue weighted by Gasteiger charge is 2.27. The minimum absolute atomic E-state index is 0.0290. The van der Waals surface area contributed by atoms with Gasteiger partial charge in [-0.1, -0.05) is 26.0 Å². The van der Waals surface area contributed by atoms with Crippen molar-refractivity contribution in [2.24, 2.45) is 5.92 Å². The Morgan fingerprint density at radius 2 is 1.90 bits per heavy atom. The fourth-order valence-corrected chi connectivity index (χ4v) is 3.53. The van der Waals surface area contributed by atoms with E-state index in [-0.39, 0.29) is 42.7 Å². The molecule has 1 aromatic carbocycles. The highest BCUT2D eigenvalue weighted by atomic mass is 19.1. The van der Waals surface area contributed by atoms with Crippen LogP contribution in [0.2, 0.25) is 0 Å². The molecule has 1 atom stereocenters. The normalized spacial score (nSPS) is 16.1. The number of hydrogen-bond acceptors (Lipinski definition) is 4. The van der Waals surface area contributed by atoms with Gasteiger partial charge in [0, 0.05) is 25.6 Å². The van der Waals surface area contributed by atoms with Gasteiger partial charge < -0.3 is 19.0 Å². The van der Waals surface area contributed by atoms with E-state index in [1.165, 1.54) is 12.1 Å². The van der Waals surface area contributed by atoms with Gasteiger partial charge in [-0.05, 0) is 42.7 Å². The van der Waals surface area contributed by atoms with E-state index in [4.69, 9.17) is 9.15 Å². The minimum atomic E-state index is -0.326. The predicted molar refractivity (Wildman–Crippen MR) is 110 cm³/mol. The average molecular weight is 416 g/mol. The molecule has 3 rings (SSSR count). The summed E-state index contributed by atoms with van der Waals surface area (Å²) in [5.74, 6) is -0.157. The molecule has 0 aliphatic carbocycles. The Labute approximate surface area is 176 Å². The molecule has 1 aromatic heterocycles. The maximum absolute atomic E-state index is 13.3. The van der Waals surface area contributed by atoms with Gasteiger partial charge in [-0.3, -0.25) is 9.59 Å². The number of carbonyl (C=O) groups excluding carboxylic acids is 2. The van der Waals surface area contributed by atoms with Crippen molar-refractivity contribution in [2.45, 2.75) is 45.9 Å². The number of nitrogens with zero attached hydrogens (tertiary/aromatic N) is 2. The summed E-state index contributed by atoms with van der Waals surface area (Å²) < 4.78 is 24.4. The number of carbonyl (C=O) groups is 2. The van der Waals surface area contributed by atoms with Crippen molar-refractivity contribution in [1.82, 2.24) is 9.80 Å². The molecule has 1 saturated heterocycles. The van der Waals surface area contributed by atoms with Gasteiger partial charge in [-0.25, -0.2) is 4.39 Å². The van der Waals surface area contributed by atoms with Crippen molar-refractivity contribution in [3.63, 3.8) is 0 Å². The van der Waals surface area contributed by atoms with E-state index in [0.717, 1.165) is 18.4 Å². The first-order valence-corrected chi connectivity index (χ1v) is 10.4. The third-order valence-corrected chi connectivity index (χ3v) is 5.15. The molecule has 1 unspecified atom stereocenters. The van der Waals surface area contributed by atoms with E-state index < -0.39 is 0 Å². The van der Waals surface area contributed by atoms with Crippen LogP contribution in [0.15, 0.2) is 47.1 Å². The lowest BCUT2D eigenvalue weighted by Crippen LogP contribution is -2.46. The standard InChI is InChI=1S/C23H29FN2O4/c1-17(2)23(28)26(15-21-6-4-12-30-21)16-22(27)25(14-20-5-3-11-29-20)13-18-7-9-19(24)10-8-18/h3,5,7-11,17,21H,4,6,12-16H2,1-2H3. The zero-order valence-corrected chi connectivity index (χ0v) is 17.6. The molecule has 0 radical (unpaired) electrons. The van der Waals surface area contributed by atoms with Gasteiger partial charge in [-0.2, -0.15) is 0 Å². The molecule has 1 fully saturated rings. The van der Waals surface area contributed by atoms with Crippen LogP contribution < -0.4 is 0 Å². The van der Waals surface area contributed by atoms with Gasteiger partial charge in [-0.15, -0.1) is 0 Å². The molecule has 7 heteroatoms. The smallest absolute Gasteiger partial charge is 0.242 e. The Bertz CT molecular complexity index is 814. The van der Waals surface area contributed by atoms with Gasteiger partial charge in [0.2, 0.25) is 11.8 Å². The highest BCUT2D eigenvalue weighted by molar-refractivity contribution is 5.85. The second-order valence-corrected chi connectivity index (χ2v) is 7.96. The van der Waals surface area contributed by atoms with Crippen molar-refractivity contribution in [1.29, 1.82) is 0 Å². The first-order valence-electron chi connectivity index (χ1n) is 10.4. The maximum Gasteiger partial charge on any atom is 0.242 e. The molecule has 1 aliphatic heterocycles. The van der Waals surface area contributed by atoms with Crippen LogP contribution in [0, 0.1) is 11.7 Å². The third kappa shape index (κ3) is 6.16. The zero-order chi connectivity index (χ0) is 21.5. The lowest BCUT2D eigenvalue weighted by Gasteiger charge is -2.30. The Hall–Kier alpha value is -2.67. The quantitative estimate of drug-likeness (QED) is 0.627. The molecule has 2 amide bonds. The van der Waals surface area contributed by atoms with Crippen LogP contribution in [0.5, 0.6) is 0 Å². The second kappa shape index (κ2) is 10.4. The van der Waals surface area contributed by atoms with Gasteiger partial charge in [0.25, 0.3) is 0 Å². The fraction of sp³-hybridized carbons (Fsp3) is 0.478. The summed E-state index contributed by atoms with van der Waals surface area (Å²) in [5, 5.41) is 0. The summed E-state index contributed by atoms with van der Waals surface area (Å²) in [6.07, 6.45) is 3.39. The monoisotopic (exact) mass is 416 g/mol. The molecule has 30 heavy (non-hydrogen) atoms. The second-order valence-electron chi connectivity index (χ2n) is 7.96. The molecule has 162 valence electrons. The van der Waals surface area contributed by atoms with E-state index in [0.29, 0.717) is 25.5 Å². The molecule has 6 nitrogen and oxygen atoms in total. The van der Waals surface area contributed by atoms with Gasteiger partial charge in [0.1, 0.15) is 11.6 Å². The summed E-state index contributed by atoms with van der Waals surface area (Å²) >= 11 is 0. The molecule has 2 aromatic rings. The summed E-state index contributed by atoms with van der Waals surface area (Å²) in [4.78, 5) is 29.2. The average Bonchev–Trinajstić information content (AvgIpc) is 3.42. The molecular formula is C23H29FN2O4. The molecule has 0 N–H and O–H groups in total. The van der Waals surface area contributed by atoms with Crippen molar-refractivity contribution >= 4 is 11.8 Å². The Morgan fingerprint density at radius 1 is 1.13 bits per heavy atom. The number of hydrogen-bond donors (Lipinski definition) is 0. The van der Waals surface area contributed by atoms with Crippen molar-refractivity contribution < 1.29 is 23.1 Å². The molecule has 2 heterocycles. The van der Waals surface area contributed by atoms with E-state index in [1.54, 1.807) is 40.3 Å². The number of ether oxygens (including phenoxy) is 1. The van der Waals surface area contributed by atoms with Crippen LogP contribution in [0.4, 0.5) is 4.39 Å². The minimum Gasteiger partial charge on any atom is -0.467 e. The number of rotatable bonds is 9. The SMILES string of the molecule is CC(C)C(=O)N(CC(=O)N(Cc1ccc(F)cc1)Cc1ccco1)CC1CCCO1. The molecule has 0 spiro atoms.